The Morgan fingerprint density at radius 2 is 2.11 bits per heavy atom. The number of hydrogen-bond acceptors (Lipinski definition) is 7. The molecular formula is C23H20ClF3N4O3S. The number of nitrogens with zero attached hydrogens (tertiary/aromatic N) is 3. The Kier molecular flexibility index (Phi) is 7.35. The number of nitrogens with one attached hydrogen (secondary N) is 1. The highest BCUT2D eigenvalue weighted by atomic mass is 35.5. The van der Waals surface area contributed by atoms with Gasteiger partial charge in [-0.1, -0.05) is 23.7 Å². The minimum Gasteiger partial charge on any atom is -0.496 e. The van der Waals surface area contributed by atoms with Crippen molar-refractivity contribution >= 4 is 28.8 Å². The molecule has 2 aromatic heterocycles. The average Bonchev–Trinajstić information content (AvgIpc) is 3.44. The van der Waals surface area contributed by atoms with Gasteiger partial charge in [0.25, 0.3) is 5.91 Å². The lowest BCUT2D eigenvalue weighted by atomic mass is 9.82. The van der Waals surface area contributed by atoms with Crippen molar-refractivity contribution in [1.82, 2.24) is 15.1 Å². The molecule has 0 amide bonds. The maximum Gasteiger partial charge on any atom is 0.392 e. The number of benzene rings is 1. The van der Waals surface area contributed by atoms with E-state index in [2.05, 4.69) is 10.4 Å². The third-order valence-corrected chi connectivity index (χ3v) is 6.95. The number of alkyl halides is 3. The molecule has 2 atom stereocenters. The van der Waals surface area contributed by atoms with Crippen LogP contribution >= 0.6 is 22.9 Å². The first-order valence-corrected chi connectivity index (χ1v) is 11.8. The van der Waals surface area contributed by atoms with E-state index < -0.39 is 23.9 Å². The number of halogens is 4. The van der Waals surface area contributed by atoms with Crippen molar-refractivity contribution in [2.24, 2.45) is 5.92 Å². The van der Waals surface area contributed by atoms with E-state index in [-0.39, 0.29) is 54.6 Å². The number of rotatable bonds is 6. The minimum absolute atomic E-state index is 0.0430. The lowest BCUT2D eigenvalue weighted by Crippen LogP contribution is -2.42. The molecule has 0 bridgehead atoms. The maximum atomic E-state index is 13.8. The van der Waals surface area contributed by atoms with Crippen LogP contribution in [0.5, 0.6) is 11.6 Å². The van der Waals surface area contributed by atoms with E-state index in [0.717, 1.165) is 4.68 Å². The molecule has 3 heterocycles. The summed E-state index contributed by atoms with van der Waals surface area (Å²) in [6.07, 6.45) is -4.67. The number of thiophene rings is 1. The quantitative estimate of drug-likeness (QED) is 0.488. The number of methoxy groups -OCH3 is 1. The number of hydrogen-bond donors (Lipinski definition) is 1. The molecule has 1 aliphatic heterocycles. The SMILES string of the molecule is COc1ccccc1C(=O)n1nc(C2CNCCC2C(F)(F)F)c(C#N)c1OCc1ccc(Cl)s1. The zero-order chi connectivity index (χ0) is 25.2. The molecule has 2 unspecified atom stereocenters. The Hall–Kier alpha value is -3.07. The number of piperidine rings is 1. The van der Waals surface area contributed by atoms with Crippen molar-refractivity contribution in [2.75, 3.05) is 20.2 Å². The monoisotopic (exact) mass is 524 g/mol. The van der Waals surface area contributed by atoms with E-state index in [0.29, 0.717) is 9.21 Å². The molecule has 1 saturated heterocycles. The van der Waals surface area contributed by atoms with E-state index in [1.54, 1.807) is 30.3 Å². The lowest BCUT2D eigenvalue weighted by Gasteiger charge is -2.32. The summed E-state index contributed by atoms with van der Waals surface area (Å²) in [6.45, 7) is 0.0899. The summed E-state index contributed by atoms with van der Waals surface area (Å²) < 4.78 is 54.0. The third-order valence-electron chi connectivity index (χ3n) is 5.75. The second-order valence-corrected chi connectivity index (χ2v) is 9.64. The average molecular weight is 525 g/mol. The van der Waals surface area contributed by atoms with Crippen molar-refractivity contribution in [3.63, 3.8) is 0 Å². The van der Waals surface area contributed by atoms with Crippen LogP contribution < -0.4 is 14.8 Å². The molecule has 1 fully saturated rings. The molecule has 4 rings (SSSR count). The van der Waals surface area contributed by atoms with Gasteiger partial charge in [-0.15, -0.1) is 11.3 Å². The molecule has 0 aliphatic carbocycles. The molecule has 7 nitrogen and oxygen atoms in total. The summed E-state index contributed by atoms with van der Waals surface area (Å²) >= 11 is 7.21. The molecule has 3 aromatic rings. The Balaban J connectivity index is 1.82. The minimum atomic E-state index is -4.50. The Morgan fingerprint density at radius 1 is 1.34 bits per heavy atom. The van der Waals surface area contributed by atoms with Crippen molar-refractivity contribution in [3.05, 3.63) is 62.4 Å². The van der Waals surface area contributed by atoms with E-state index >= 15 is 0 Å². The number of nitriles is 1. The van der Waals surface area contributed by atoms with Crippen LogP contribution in [0.15, 0.2) is 36.4 Å². The predicted molar refractivity (Wildman–Crippen MR) is 123 cm³/mol. The molecule has 1 aromatic carbocycles. The Morgan fingerprint density at radius 3 is 2.77 bits per heavy atom. The molecule has 0 radical (unpaired) electrons. The summed E-state index contributed by atoms with van der Waals surface area (Å²) in [5, 5.41) is 17.1. The fraction of sp³-hybridized carbons (Fsp3) is 0.348. The topological polar surface area (TPSA) is 89.2 Å². The smallest absolute Gasteiger partial charge is 0.392 e. The van der Waals surface area contributed by atoms with Gasteiger partial charge in [-0.3, -0.25) is 4.79 Å². The van der Waals surface area contributed by atoms with Crippen LogP contribution in [0.1, 0.15) is 38.8 Å². The van der Waals surface area contributed by atoms with Crippen LogP contribution in [0.3, 0.4) is 0 Å². The summed E-state index contributed by atoms with van der Waals surface area (Å²) in [5.41, 5.74) is -0.227. The van der Waals surface area contributed by atoms with Crippen LogP contribution in [-0.2, 0) is 6.61 Å². The van der Waals surface area contributed by atoms with Gasteiger partial charge in [0.15, 0.2) is 0 Å². The van der Waals surface area contributed by atoms with Gasteiger partial charge in [-0.05, 0) is 37.2 Å². The highest BCUT2D eigenvalue weighted by Crippen LogP contribution is 2.43. The third kappa shape index (κ3) is 5.15. The number of carbonyl (C=O) groups is 1. The number of aromatic nitrogens is 2. The van der Waals surface area contributed by atoms with Gasteiger partial charge in [0.1, 0.15) is 24.0 Å². The molecule has 12 heteroatoms. The van der Waals surface area contributed by atoms with Crippen LogP contribution in [0.4, 0.5) is 13.2 Å². The summed E-state index contributed by atoms with van der Waals surface area (Å²) in [7, 11) is 1.39. The van der Waals surface area contributed by atoms with Crippen molar-refractivity contribution < 1.29 is 27.4 Å². The van der Waals surface area contributed by atoms with E-state index in [1.807, 2.05) is 6.07 Å². The van der Waals surface area contributed by atoms with Crippen molar-refractivity contribution in [3.8, 4) is 17.7 Å². The summed E-state index contributed by atoms with van der Waals surface area (Å²) in [4.78, 5) is 14.2. The van der Waals surface area contributed by atoms with Gasteiger partial charge >= 0.3 is 6.18 Å². The van der Waals surface area contributed by atoms with Crippen LogP contribution in [0.2, 0.25) is 4.34 Å². The highest BCUT2D eigenvalue weighted by molar-refractivity contribution is 7.16. The predicted octanol–water partition coefficient (Wildman–Crippen LogP) is 5.00. The first-order chi connectivity index (χ1) is 16.7. The number of para-hydroxylation sites is 1. The molecule has 1 aliphatic rings. The van der Waals surface area contributed by atoms with Gasteiger partial charge in [0.2, 0.25) is 5.88 Å². The Labute approximate surface area is 208 Å². The normalized spacial score (nSPS) is 18.2. The van der Waals surface area contributed by atoms with Gasteiger partial charge < -0.3 is 14.8 Å². The zero-order valence-corrected chi connectivity index (χ0v) is 20.0. The van der Waals surface area contributed by atoms with E-state index in [1.165, 1.54) is 24.5 Å². The largest absolute Gasteiger partial charge is 0.496 e. The van der Waals surface area contributed by atoms with Crippen LogP contribution in [0, 0.1) is 17.2 Å². The molecule has 184 valence electrons. The molecule has 0 saturated carbocycles. The standard InChI is InChI=1S/C23H20ClF3N4O3S/c1-33-18-5-3-2-4-14(18)21(32)31-22(34-12-13-6-7-19(24)35-13)15(10-28)20(30-31)16-11-29-9-8-17(16)23(25,26)27/h2-7,16-17,29H,8-9,11-12H2,1H3. The first kappa shape index (κ1) is 25.0. The molecule has 1 N–H and O–H groups in total. The van der Waals surface area contributed by atoms with Crippen molar-refractivity contribution in [1.29, 1.82) is 5.26 Å². The van der Waals surface area contributed by atoms with Crippen LogP contribution in [-0.4, -0.2) is 42.1 Å². The van der Waals surface area contributed by atoms with E-state index in [4.69, 9.17) is 21.1 Å². The Bertz CT molecular complexity index is 1270. The zero-order valence-electron chi connectivity index (χ0n) is 18.4. The van der Waals surface area contributed by atoms with Gasteiger partial charge in [0.05, 0.1) is 28.6 Å². The highest BCUT2D eigenvalue weighted by Gasteiger charge is 2.48. The van der Waals surface area contributed by atoms with E-state index in [9.17, 15) is 23.2 Å². The maximum absolute atomic E-state index is 13.8. The fourth-order valence-corrected chi connectivity index (χ4v) is 5.10. The molecule has 0 spiro atoms. The summed E-state index contributed by atoms with van der Waals surface area (Å²) in [5.74, 6) is -3.56. The number of ether oxygens (including phenoxy) is 2. The lowest BCUT2D eigenvalue weighted by molar-refractivity contribution is -0.185. The van der Waals surface area contributed by atoms with Gasteiger partial charge in [0, 0.05) is 17.3 Å². The van der Waals surface area contributed by atoms with Crippen molar-refractivity contribution in [2.45, 2.75) is 25.1 Å². The van der Waals surface area contributed by atoms with Gasteiger partial charge in [-0.2, -0.15) is 28.2 Å². The molecule has 35 heavy (non-hydrogen) atoms. The fourth-order valence-electron chi connectivity index (χ4n) is 4.10. The second-order valence-electron chi connectivity index (χ2n) is 7.84. The summed E-state index contributed by atoms with van der Waals surface area (Å²) in [6, 6.07) is 11.7. The van der Waals surface area contributed by atoms with Crippen LogP contribution in [0.25, 0.3) is 0 Å². The number of carbonyl (C=O) groups excluding carboxylic acids is 1. The first-order valence-electron chi connectivity index (χ1n) is 10.6. The second kappa shape index (κ2) is 10.3. The molecular weight excluding hydrogens is 505 g/mol. The van der Waals surface area contributed by atoms with Gasteiger partial charge in [-0.25, -0.2) is 0 Å².